The first-order valence-corrected chi connectivity index (χ1v) is 53.2. The molecule has 0 unspecified atom stereocenters. The lowest BCUT2D eigenvalue weighted by atomic mass is 10.0. The molecule has 0 amide bonds. The highest BCUT2D eigenvalue weighted by Gasteiger charge is 2.22. The van der Waals surface area contributed by atoms with E-state index in [4.69, 9.17) is 61.9 Å². The zero-order valence-electron chi connectivity index (χ0n) is 84.5. The molecule has 0 bridgehead atoms. The Morgan fingerprint density at radius 2 is 0.658 bits per heavy atom. The first-order valence-electron chi connectivity index (χ1n) is 52.8. The van der Waals surface area contributed by atoms with Gasteiger partial charge >= 0.3 is 0 Å². The van der Waals surface area contributed by atoms with E-state index >= 15 is 0 Å². The number of ether oxygens (including phenoxy) is 1. The van der Waals surface area contributed by atoms with Gasteiger partial charge in [-0.15, -0.1) is 0 Å². The van der Waals surface area contributed by atoms with E-state index in [1.165, 1.54) is 211 Å². The van der Waals surface area contributed by atoms with E-state index in [9.17, 15) is 4.79 Å². The van der Waals surface area contributed by atoms with Crippen LogP contribution in [-0.2, 0) is 99.8 Å². The van der Waals surface area contributed by atoms with Crippen LogP contribution < -0.4 is 0 Å². The molecule has 748 valence electrons. The van der Waals surface area contributed by atoms with Crippen LogP contribution in [0.5, 0.6) is 0 Å². The molecule has 11 aromatic heterocycles. The Bertz CT molecular complexity index is 7260. The van der Waals surface area contributed by atoms with Gasteiger partial charge < -0.3 is 24.3 Å². The Kier molecular flexibility index (Phi) is 34.9. The Balaban J connectivity index is 0.000000123. The van der Waals surface area contributed by atoms with Crippen molar-refractivity contribution in [2.24, 2.45) is 0 Å². The minimum absolute atomic E-state index is 0.209. The summed E-state index contributed by atoms with van der Waals surface area (Å²) in [5, 5.41) is 42.2. The van der Waals surface area contributed by atoms with Crippen LogP contribution in [-0.4, -0.2) is 205 Å². The number of Topliss-reactive ketones (excluding diaryl/α,β-unsaturated/α-hetero) is 1. The monoisotopic (exact) mass is 1960 g/mol. The summed E-state index contributed by atoms with van der Waals surface area (Å²) in [6.07, 6.45) is 37.9. The van der Waals surface area contributed by atoms with Crippen LogP contribution in [0.3, 0.4) is 0 Å². The van der Waals surface area contributed by atoms with Gasteiger partial charge in [-0.3, -0.25) is 18.8 Å². The van der Waals surface area contributed by atoms with Gasteiger partial charge in [-0.05, 0) is 329 Å². The lowest BCUT2D eigenvalue weighted by Gasteiger charge is -2.13. The number of nitrogens with zero attached hydrogens (tertiary/aromatic N) is 23. The third kappa shape index (κ3) is 28.1. The minimum atomic E-state index is 0.209. The average molecular weight is 1970 g/mol. The van der Waals surface area contributed by atoms with E-state index < -0.39 is 0 Å². The van der Waals surface area contributed by atoms with Crippen LogP contribution in [0.4, 0.5) is 0 Å². The van der Waals surface area contributed by atoms with Crippen LogP contribution >= 0.6 is 11.6 Å². The predicted molar refractivity (Wildman–Crippen MR) is 579 cm³/mol. The standard InChI is InChI=1S/C36H37ClN4O.C32H36N6.C26H29N7.C26H32N6O/c37-32-11-4-8-30(24-32)25-33(42)19-18-28-7-3-10-31(23-28)34-12-5-13-36-38-35(39-41(34)36)26-29-16-14-27(15-17-29)9-6-22-40-20-1-2-21-40;1-25-9-11-27(12-10-25)17-21-37-24-29(23-33-37)30-7-4-8-32-34-31(35-38(30)32)22-28-15-13-26(14-16-28)6-5-20-36-18-2-3-19-36;27-13-5-17-32-20-23(19-28-32)24-7-3-8-26-29-25(30-33(24)26)18-22-11-9-21(10-12-22)6-4-16-31-14-1-2-15-31;1-33-17-16-31-20-23(19-27-31)24-7-4-8-26-28-25(29-32(24)26)18-22-11-9-21(10-12-22)6-5-15-30-13-2-3-14-30/h3-5,7-8,10-17,23-24H,1-2,6,9,18-22,25-26H2;4,7-16,23-24H,2-3,5-6,17-22H2,1H3;3,7-12,19-20H,1-2,4-6,14-18H2;4,7-12,19-20H,2-3,5-6,13-18H2,1H3. The number of methoxy groups -OCH3 is 1. The average Bonchev–Trinajstić information content (AvgIpc) is 1.65. The molecule has 4 fully saturated rings. The van der Waals surface area contributed by atoms with Crippen molar-refractivity contribution in [2.75, 3.05) is 92.3 Å². The number of likely N-dealkylation sites (tertiary alicyclic amines) is 4. The van der Waals surface area contributed by atoms with E-state index in [0.29, 0.717) is 56.7 Å². The minimum Gasteiger partial charge on any atom is -0.383 e. The molecule has 0 atom stereocenters. The van der Waals surface area contributed by atoms with E-state index in [-0.39, 0.29) is 5.78 Å². The third-order valence-corrected chi connectivity index (χ3v) is 28.7. The van der Waals surface area contributed by atoms with Crippen molar-refractivity contribution < 1.29 is 9.53 Å². The number of aromatic nitrogens is 18. The Morgan fingerprint density at radius 1 is 0.336 bits per heavy atom. The molecule has 15 heterocycles. The molecule has 146 heavy (non-hydrogen) atoms. The number of carbonyl (C=O) groups excluding carboxylic acids is 1. The predicted octanol–water partition coefficient (Wildman–Crippen LogP) is 21.2. The number of hydrogen-bond donors (Lipinski definition) is 0. The molecule has 18 aromatic rings. The molecule has 22 rings (SSSR count). The second-order valence-electron chi connectivity index (χ2n) is 39.6. The van der Waals surface area contributed by atoms with Gasteiger partial charge in [0.25, 0.3) is 0 Å². The maximum atomic E-state index is 12.6. The van der Waals surface area contributed by atoms with Gasteiger partial charge in [-0.25, -0.2) is 38.0 Å². The number of nitriles is 1. The molecule has 4 saturated heterocycles. The lowest BCUT2D eigenvalue weighted by Crippen LogP contribution is -2.20. The van der Waals surface area contributed by atoms with E-state index in [0.717, 1.165) is 160 Å². The summed E-state index contributed by atoms with van der Waals surface area (Å²) in [6, 6.07) is 86.9. The number of rotatable bonds is 41. The zero-order chi connectivity index (χ0) is 99.4. The van der Waals surface area contributed by atoms with Gasteiger partial charge in [-0.1, -0.05) is 193 Å². The van der Waals surface area contributed by atoms with Crippen molar-refractivity contribution in [3.05, 3.63) is 375 Å². The van der Waals surface area contributed by atoms with E-state index in [1.54, 1.807) is 11.8 Å². The maximum Gasteiger partial charge on any atom is 0.156 e. The number of fused-ring (bicyclic) bond motifs is 4. The Labute approximate surface area is 862 Å². The number of carbonyl (C=O) groups is 1. The summed E-state index contributed by atoms with van der Waals surface area (Å²) in [7, 11) is 1.70. The summed E-state index contributed by atoms with van der Waals surface area (Å²) in [5.41, 5.74) is 26.7. The molecule has 0 spiro atoms. The maximum absolute atomic E-state index is 12.6. The molecule has 0 N–H and O–H groups in total. The van der Waals surface area contributed by atoms with Crippen LogP contribution in [0.25, 0.3) is 67.6 Å². The highest BCUT2D eigenvalue weighted by atomic mass is 35.5. The smallest absolute Gasteiger partial charge is 0.156 e. The third-order valence-electron chi connectivity index (χ3n) is 28.4. The normalized spacial score (nSPS) is 14.0. The highest BCUT2D eigenvalue weighted by Crippen LogP contribution is 2.30. The molecule has 26 heteroatoms. The summed E-state index contributed by atoms with van der Waals surface area (Å²) in [6.45, 7) is 20.0. The van der Waals surface area contributed by atoms with Gasteiger partial charge in [0.2, 0.25) is 0 Å². The second kappa shape index (κ2) is 50.6. The Morgan fingerprint density at radius 3 is 1.02 bits per heavy atom. The van der Waals surface area contributed by atoms with Crippen molar-refractivity contribution in [2.45, 2.75) is 187 Å². The fourth-order valence-electron chi connectivity index (χ4n) is 20.4. The van der Waals surface area contributed by atoms with Crippen molar-refractivity contribution in [3.63, 3.8) is 0 Å². The fourth-order valence-corrected chi connectivity index (χ4v) is 20.6. The molecule has 0 aliphatic carbocycles. The van der Waals surface area contributed by atoms with Gasteiger partial charge in [-0.2, -0.15) is 41.0 Å². The second-order valence-corrected chi connectivity index (χ2v) is 40.0. The molecule has 0 radical (unpaired) electrons. The molecule has 4 aliphatic heterocycles. The topological polar surface area (TPSA) is 237 Å². The van der Waals surface area contributed by atoms with Crippen LogP contribution in [0.15, 0.2) is 280 Å². The first-order chi connectivity index (χ1) is 71.8. The van der Waals surface area contributed by atoms with Crippen molar-refractivity contribution in [3.8, 4) is 51.1 Å². The number of benzene rings is 7. The Hall–Kier alpha value is -14.1. The van der Waals surface area contributed by atoms with Gasteiger partial charge in [0, 0.05) is 98.0 Å². The zero-order valence-corrected chi connectivity index (χ0v) is 85.3. The van der Waals surface area contributed by atoms with Gasteiger partial charge in [0.15, 0.2) is 45.9 Å². The largest absolute Gasteiger partial charge is 0.383 e. The van der Waals surface area contributed by atoms with Gasteiger partial charge in [0.05, 0.1) is 73.6 Å². The van der Waals surface area contributed by atoms with Crippen molar-refractivity contribution in [1.82, 2.24) is 107 Å². The fraction of sp³-hybridized carbons (Fsp3) is 0.358. The molecule has 25 nitrogen and oxygen atoms in total. The van der Waals surface area contributed by atoms with Gasteiger partial charge in [0.1, 0.15) is 5.78 Å². The SMILES string of the molecule is COCCn1cc(-c2cccc3nc(Cc4ccc(CCCN5CCCC5)cc4)nn23)cn1.Cc1ccc(CCn2cc(-c3cccc4nc(Cc5ccc(CCCN6CCCC6)cc5)nn34)cn2)cc1.N#CCCn1cc(-c2cccc3nc(Cc4ccc(CCCN5CCCC5)cc4)nn23)cn1.O=C(CCc1cccc(-c2cccc3nc(Cc4ccc(CCCN5CCCC5)cc4)nn23)c1)Cc1cccc(Cl)c1. The number of aryl methyl sites for hydroxylation is 9. The summed E-state index contributed by atoms with van der Waals surface area (Å²) in [4.78, 5) is 42.1. The summed E-state index contributed by atoms with van der Waals surface area (Å²) in [5.74, 6) is 3.50. The lowest BCUT2D eigenvalue weighted by molar-refractivity contribution is -0.118. The highest BCUT2D eigenvalue weighted by molar-refractivity contribution is 6.30. The number of pyridine rings is 4. The molecular formula is C120H134ClN23O2. The molecule has 4 aliphatic rings. The van der Waals surface area contributed by atoms with E-state index in [1.807, 2.05) is 137 Å². The van der Waals surface area contributed by atoms with Crippen LogP contribution in [0, 0.1) is 18.3 Å². The number of hydrogen-bond acceptors (Lipinski definition) is 18. The summed E-state index contributed by atoms with van der Waals surface area (Å²) >= 11 is 6.07. The van der Waals surface area contributed by atoms with Crippen molar-refractivity contribution >= 4 is 40.0 Å². The first kappa shape index (κ1) is 101. The molecule has 0 saturated carbocycles. The number of halogens is 1. The molecule has 7 aromatic carbocycles. The summed E-state index contributed by atoms with van der Waals surface area (Å²) < 4.78 is 18.5. The quantitative estimate of drug-likeness (QED) is 0.0346. The van der Waals surface area contributed by atoms with E-state index in [2.05, 4.69) is 218 Å². The van der Waals surface area contributed by atoms with Crippen LogP contribution in [0.2, 0.25) is 5.02 Å². The molecular weight excluding hydrogens is 1830 g/mol. The van der Waals surface area contributed by atoms with Crippen LogP contribution in [0.1, 0.15) is 180 Å². The number of ketones is 1. The van der Waals surface area contributed by atoms with Crippen molar-refractivity contribution in [1.29, 1.82) is 5.26 Å².